The Bertz CT molecular complexity index is 589. The zero-order valence-corrected chi connectivity index (χ0v) is 10.4. The SMILES string of the molecule is COCc1cc(N)c2c(Cl)c(F)c(Cl)cc2n1. The highest BCUT2D eigenvalue weighted by atomic mass is 35.5. The summed E-state index contributed by atoms with van der Waals surface area (Å²) in [5, 5.41) is 0.179. The number of benzene rings is 1. The lowest BCUT2D eigenvalue weighted by Crippen LogP contribution is -1.98. The van der Waals surface area contributed by atoms with E-state index in [-0.39, 0.29) is 10.0 Å². The number of fused-ring (bicyclic) bond motifs is 1. The van der Waals surface area contributed by atoms with Crippen LogP contribution in [-0.2, 0) is 11.3 Å². The van der Waals surface area contributed by atoms with E-state index in [1.165, 1.54) is 6.07 Å². The van der Waals surface area contributed by atoms with Gasteiger partial charge in [0, 0.05) is 18.2 Å². The zero-order valence-electron chi connectivity index (χ0n) is 8.93. The summed E-state index contributed by atoms with van der Waals surface area (Å²) in [5.41, 5.74) is 7.25. The van der Waals surface area contributed by atoms with Gasteiger partial charge in [-0.25, -0.2) is 4.39 Å². The number of hydrogen-bond donors (Lipinski definition) is 1. The maximum atomic E-state index is 13.5. The van der Waals surface area contributed by atoms with Crippen molar-refractivity contribution in [2.45, 2.75) is 6.61 Å². The number of rotatable bonds is 2. The molecule has 0 spiro atoms. The minimum Gasteiger partial charge on any atom is -0.398 e. The van der Waals surface area contributed by atoms with E-state index in [4.69, 9.17) is 33.7 Å². The van der Waals surface area contributed by atoms with Crippen molar-refractivity contribution in [2.75, 3.05) is 12.8 Å². The monoisotopic (exact) mass is 274 g/mol. The topological polar surface area (TPSA) is 48.1 Å². The lowest BCUT2D eigenvalue weighted by atomic mass is 10.1. The van der Waals surface area contributed by atoms with E-state index >= 15 is 0 Å². The quantitative estimate of drug-likeness (QED) is 0.854. The summed E-state index contributed by atoms with van der Waals surface area (Å²) < 4.78 is 18.5. The molecule has 0 amide bonds. The molecular formula is C11H9Cl2FN2O. The molecule has 2 rings (SSSR count). The Morgan fingerprint density at radius 1 is 1.41 bits per heavy atom. The third-order valence-corrected chi connectivity index (χ3v) is 2.94. The fourth-order valence-electron chi connectivity index (χ4n) is 1.61. The molecule has 2 aromatic rings. The molecular weight excluding hydrogens is 266 g/mol. The molecule has 0 saturated heterocycles. The number of nitrogens with zero attached hydrogens (tertiary/aromatic N) is 1. The Kier molecular flexibility index (Phi) is 3.38. The van der Waals surface area contributed by atoms with E-state index in [0.717, 1.165) is 0 Å². The van der Waals surface area contributed by atoms with Crippen LogP contribution in [0.5, 0.6) is 0 Å². The molecule has 0 bridgehead atoms. The summed E-state index contributed by atoms with van der Waals surface area (Å²) in [6.45, 7) is 0.312. The van der Waals surface area contributed by atoms with Gasteiger partial charge in [-0.1, -0.05) is 23.2 Å². The largest absolute Gasteiger partial charge is 0.398 e. The highest BCUT2D eigenvalue weighted by Crippen LogP contribution is 2.34. The third kappa shape index (κ3) is 2.16. The van der Waals surface area contributed by atoms with E-state index < -0.39 is 5.82 Å². The Labute approximate surface area is 107 Å². The number of nitrogens with two attached hydrogens (primary N) is 1. The van der Waals surface area contributed by atoms with Crippen molar-refractivity contribution >= 4 is 39.8 Å². The van der Waals surface area contributed by atoms with Crippen molar-refractivity contribution in [3.63, 3.8) is 0 Å². The molecule has 3 nitrogen and oxygen atoms in total. The van der Waals surface area contributed by atoms with Crippen molar-refractivity contribution in [3.05, 3.63) is 33.7 Å². The maximum Gasteiger partial charge on any atom is 0.161 e. The van der Waals surface area contributed by atoms with Crippen molar-refractivity contribution in [1.29, 1.82) is 0 Å². The number of ether oxygens (including phenoxy) is 1. The highest BCUT2D eigenvalue weighted by Gasteiger charge is 2.14. The predicted molar refractivity (Wildman–Crippen MR) is 66.8 cm³/mol. The van der Waals surface area contributed by atoms with Crippen LogP contribution in [0.1, 0.15) is 5.69 Å². The van der Waals surface area contributed by atoms with Crippen LogP contribution in [0.25, 0.3) is 10.9 Å². The van der Waals surface area contributed by atoms with Crippen LogP contribution in [0.4, 0.5) is 10.1 Å². The normalized spacial score (nSPS) is 11.1. The highest BCUT2D eigenvalue weighted by molar-refractivity contribution is 6.39. The van der Waals surface area contributed by atoms with Crippen LogP contribution < -0.4 is 5.73 Å². The average Bonchev–Trinajstić information content (AvgIpc) is 2.25. The minimum absolute atomic E-state index is 0.0797. The minimum atomic E-state index is -0.686. The molecule has 0 aliphatic heterocycles. The van der Waals surface area contributed by atoms with Crippen LogP contribution in [-0.4, -0.2) is 12.1 Å². The number of anilines is 1. The van der Waals surface area contributed by atoms with Gasteiger partial charge in [-0.2, -0.15) is 0 Å². The van der Waals surface area contributed by atoms with Gasteiger partial charge in [-0.15, -0.1) is 0 Å². The van der Waals surface area contributed by atoms with Crippen LogP contribution in [0.15, 0.2) is 12.1 Å². The third-order valence-electron chi connectivity index (χ3n) is 2.31. The van der Waals surface area contributed by atoms with Crippen molar-refractivity contribution in [1.82, 2.24) is 4.98 Å². The molecule has 0 aliphatic rings. The van der Waals surface area contributed by atoms with E-state index in [0.29, 0.717) is 28.9 Å². The van der Waals surface area contributed by atoms with Gasteiger partial charge in [-0.3, -0.25) is 4.98 Å². The maximum absolute atomic E-state index is 13.5. The number of methoxy groups -OCH3 is 1. The predicted octanol–water partition coefficient (Wildman–Crippen LogP) is 3.41. The molecule has 2 N–H and O–H groups in total. The Hall–Kier alpha value is -1.10. The molecule has 0 radical (unpaired) electrons. The van der Waals surface area contributed by atoms with Crippen LogP contribution in [0.3, 0.4) is 0 Å². The van der Waals surface area contributed by atoms with Crippen LogP contribution in [0, 0.1) is 5.82 Å². The standard InChI is InChI=1S/C11H9Cl2FN2O/c1-17-4-5-2-7(15)9-8(16-5)3-6(12)11(14)10(9)13/h2-3H,4H2,1H3,(H2,15,16). The fourth-order valence-corrected chi connectivity index (χ4v) is 2.16. The number of halogens is 3. The Morgan fingerprint density at radius 2 is 2.12 bits per heavy atom. The summed E-state index contributed by atoms with van der Waals surface area (Å²) in [5.74, 6) is -0.686. The molecule has 0 unspecified atom stereocenters. The first-order valence-electron chi connectivity index (χ1n) is 4.76. The molecule has 1 aromatic carbocycles. The first-order chi connectivity index (χ1) is 8.04. The first-order valence-corrected chi connectivity index (χ1v) is 5.51. The second kappa shape index (κ2) is 4.64. The fraction of sp³-hybridized carbons (Fsp3) is 0.182. The smallest absolute Gasteiger partial charge is 0.161 e. The second-order valence-electron chi connectivity index (χ2n) is 3.52. The zero-order chi connectivity index (χ0) is 12.6. The summed E-state index contributed by atoms with van der Waals surface area (Å²) in [6, 6.07) is 3.00. The van der Waals surface area contributed by atoms with Gasteiger partial charge in [0.25, 0.3) is 0 Å². The molecule has 1 aromatic heterocycles. The van der Waals surface area contributed by atoms with Crippen molar-refractivity contribution in [3.8, 4) is 0 Å². The average molecular weight is 275 g/mol. The summed E-state index contributed by atoms with van der Waals surface area (Å²) in [6.07, 6.45) is 0. The molecule has 6 heteroatoms. The second-order valence-corrected chi connectivity index (χ2v) is 4.30. The number of pyridine rings is 1. The van der Waals surface area contributed by atoms with Crippen LogP contribution in [0.2, 0.25) is 10.0 Å². The van der Waals surface area contributed by atoms with Gasteiger partial charge in [0.2, 0.25) is 0 Å². The Morgan fingerprint density at radius 3 is 2.76 bits per heavy atom. The summed E-state index contributed by atoms with van der Waals surface area (Å²) in [7, 11) is 1.55. The number of aromatic nitrogens is 1. The lowest BCUT2D eigenvalue weighted by molar-refractivity contribution is 0.182. The lowest BCUT2D eigenvalue weighted by Gasteiger charge is -2.08. The molecule has 0 aliphatic carbocycles. The van der Waals surface area contributed by atoms with E-state index in [1.54, 1.807) is 13.2 Å². The van der Waals surface area contributed by atoms with Gasteiger partial charge < -0.3 is 10.5 Å². The molecule has 1 heterocycles. The van der Waals surface area contributed by atoms with Crippen molar-refractivity contribution < 1.29 is 9.13 Å². The van der Waals surface area contributed by atoms with Crippen molar-refractivity contribution in [2.24, 2.45) is 0 Å². The van der Waals surface area contributed by atoms with Gasteiger partial charge in [-0.05, 0) is 12.1 Å². The summed E-state index contributed by atoms with van der Waals surface area (Å²) >= 11 is 11.6. The van der Waals surface area contributed by atoms with Gasteiger partial charge in [0.1, 0.15) is 0 Å². The summed E-state index contributed by atoms with van der Waals surface area (Å²) in [4.78, 5) is 4.25. The van der Waals surface area contributed by atoms with E-state index in [1.807, 2.05) is 0 Å². The molecule has 0 saturated carbocycles. The van der Waals surface area contributed by atoms with E-state index in [9.17, 15) is 4.39 Å². The molecule has 0 fully saturated rings. The molecule has 17 heavy (non-hydrogen) atoms. The molecule has 0 atom stereocenters. The number of hydrogen-bond acceptors (Lipinski definition) is 3. The first kappa shape index (κ1) is 12.4. The molecule has 90 valence electrons. The van der Waals surface area contributed by atoms with Gasteiger partial charge in [0.15, 0.2) is 5.82 Å². The Balaban J connectivity index is 2.77. The number of nitrogen functional groups attached to an aromatic ring is 1. The van der Waals surface area contributed by atoms with Crippen LogP contribution >= 0.6 is 23.2 Å². The van der Waals surface area contributed by atoms with Gasteiger partial charge >= 0.3 is 0 Å². The van der Waals surface area contributed by atoms with E-state index in [2.05, 4.69) is 4.98 Å². The van der Waals surface area contributed by atoms with Gasteiger partial charge in [0.05, 0.1) is 27.9 Å².